The number of halogens is 1. The Kier molecular flexibility index (Phi) is 5.49. The van der Waals surface area contributed by atoms with E-state index in [1.807, 2.05) is 12.1 Å². The van der Waals surface area contributed by atoms with Crippen LogP contribution in [-0.4, -0.2) is 17.5 Å². The average molecular weight is 355 g/mol. The van der Waals surface area contributed by atoms with Crippen molar-refractivity contribution in [3.8, 4) is 17.4 Å². The van der Waals surface area contributed by atoms with E-state index in [1.54, 1.807) is 60.8 Å². The second-order valence-electron chi connectivity index (χ2n) is 5.06. The molecule has 126 valence electrons. The number of hydrogen-bond acceptors (Lipinski definition) is 4. The monoisotopic (exact) mass is 354 g/mol. The van der Waals surface area contributed by atoms with E-state index in [0.717, 1.165) is 0 Å². The molecule has 5 nitrogen and oxygen atoms in total. The van der Waals surface area contributed by atoms with Gasteiger partial charge in [0.05, 0.1) is 10.7 Å². The number of benzene rings is 2. The van der Waals surface area contributed by atoms with E-state index in [-0.39, 0.29) is 12.5 Å². The Morgan fingerprint density at radius 2 is 1.68 bits per heavy atom. The molecule has 0 aliphatic rings. The minimum atomic E-state index is -0.290. The van der Waals surface area contributed by atoms with Crippen LogP contribution >= 0.6 is 11.6 Å². The van der Waals surface area contributed by atoms with Crippen LogP contribution in [0.25, 0.3) is 0 Å². The fourth-order valence-electron chi connectivity index (χ4n) is 2.03. The van der Waals surface area contributed by atoms with Gasteiger partial charge in [0.1, 0.15) is 11.5 Å². The average Bonchev–Trinajstić information content (AvgIpc) is 2.64. The third-order valence-electron chi connectivity index (χ3n) is 3.20. The van der Waals surface area contributed by atoms with Gasteiger partial charge >= 0.3 is 0 Å². The molecule has 0 aliphatic carbocycles. The summed E-state index contributed by atoms with van der Waals surface area (Å²) in [5.74, 6) is 1.41. The van der Waals surface area contributed by atoms with Crippen molar-refractivity contribution >= 4 is 23.2 Å². The molecule has 1 N–H and O–H groups in total. The van der Waals surface area contributed by atoms with Crippen LogP contribution in [0.5, 0.6) is 17.4 Å². The second kappa shape index (κ2) is 8.17. The quantitative estimate of drug-likeness (QED) is 0.705. The van der Waals surface area contributed by atoms with Crippen LogP contribution < -0.4 is 14.8 Å². The minimum Gasteiger partial charge on any atom is -0.484 e. The van der Waals surface area contributed by atoms with E-state index in [0.29, 0.717) is 28.1 Å². The molecule has 0 fully saturated rings. The van der Waals surface area contributed by atoms with Gasteiger partial charge in [0.15, 0.2) is 6.61 Å². The smallest absolute Gasteiger partial charge is 0.262 e. The lowest BCUT2D eigenvalue weighted by Crippen LogP contribution is -2.20. The van der Waals surface area contributed by atoms with Crippen molar-refractivity contribution in [2.24, 2.45) is 0 Å². The lowest BCUT2D eigenvalue weighted by molar-refractivity contribution is -0.118. The van der Waals surface area contributed by atoms with Crippen molar-refractivity contribution < 1.29 is 14.3 Å². The molecule has 0 radical (unpaired) electrons. The van der Waals surface area contributed by atoms with Gasteiger partial charge in [-0.3, -0.25) is 4.79 Å². The van der Waals surface area contributed by atoms with Gasteiger partial charge in [-0.1, -0.05) is 29.8 Å². The summed E-state index contributed by atoms with van der Waals surface area (Å²) < 4.78 is 11.0. The summed E-state index contributed by atoms with van der Waals surface area (Å²) in [6, 6.07) is 19.4. The molecule has 0 spiro atoms. The van der Waals surface area contributed by atoms with Crippen molar-refractivity contribution in [3.05, 3.63) is 77.9 Å². The van der Waals surface area contributed by atoms with Crippen LogP contribution in [0.3, 0.4) is 0 Å². The summed E-state index contributed by atoms with van der Waals surface area (Å²) in [5.41, 5.74) is 0.553. The number of aromatic nitrogens is 1. The Balaban J connectivity index is 1.51. The zero-order valence-electron chi connectivity index (χ0n) is 13.2. The van der Waals surface area contributed by atoms with E-state index in [2.05, 4.69) is 10.3 Å². The number of pyridine rings is 1. The Labute approximate surface area is 150 Å². The zero-order valence-corrected chi connectivity index (χ0v) is 13.9. The zero-order chi connectivity index (χ0) is 17.5. The highest BCUT2D eigenvalue weighted by atomic mass is 35.5. The largest absolute Gasteiger partial charge is 0.484 e. The van der Waals surface area contributed by atoms with Crippen LogP contribution in [0.2, 0.25) is 5.02 Å². The summed E-state index contributed by atoms with van der Waals surface area (Å²) in [6.07, 6.45) is 1.66. The second-order valence-corrected chi connectivity index (χ2v) is 5.47. The molecule has 0 saturated carbocycles. The van der Waals surface area contributed by atoms with Gasteiger partial charge in [-0.05, 0) is 42.5 Å². The van der Waals surface area contributed by atoms with Gasteiger partial charge in [0.2, 0.25) is 5.88 Å². The summed E-state index contributed by atoms with van der Waals surface area (Å²) in [6.45, 7) is -0.119. The van der Waals surface area contributed by atoms with E-state index in [4.69, 9.17) is 21.1 Å². The lowest BCUT2D eigenvalue weighted by atomic mass is 10.3. The van der Waals surface area contributed by atoms with Crippen LogP contribution in [-0.2, 0) is 4.79 Å². The number of para-hydroxylation sites is 1. The van der Waals surface area contributed by atoms with Gasteiger partial charge in [0, 0.05) is 12.3 Å². The highest BCUT2D eigenvalue weighted by molar-refractivity contribution is 6.33. The molecule has 6 heteroatoms. The molecule has 1 heterocycles. The third-order valence-corrected chi connectivity index (χ3v) is 3.53. The Morgan fingerprint density at radius 1 is 0.960 bits per heavy atom. The lowest BCUT2D eigenvalue weighted by Gasteiger charge is -2.09. The minimum absolute atomic E-state index is 0.119. The normalized spacial score (nSPS) is 10.1. The Morgan fingerprint density at radius 3 is 2.40 bits per heavy atom. The number of nitrogens with zero attached hydrogens (tertiary/aromatic N) is 1. The summed E-state index contributed by atoms with van der Waals surface area (Å²) >= 11 is 5.99. The number of rotatable bonds is 6. The molecule has 0 aliphatic heterocycles. The molecular formula is C19H15ClN2O3. The van der Waals surface area contributed by atoms with E-state index in [1.165, 1.54) is 0 Å². The van der Waals surface area contributed by atoms with Crippen LogP contribution in [0, 0.1) is 0 Å². The van der Waals surface area contributed by atoms with E-state index >= 15 is 0 Å². The molecule has 1 amide bonds. The SMILES string of the molecule is O=C(COc1ccc(Oc2ccccn2)cc1)Nc1ccccc1Cl. The number of hydrogen-bond donors (Lipinski definition) is 1. The first kappa shape index (κ1) is 16.8. The van der Waals surface area contributed by atoms with Crippen molar-refractivity contribution in [2.75, 3.05) is 11.9 Å². The Hall–Kier alpha value is -3.05. The van der Waals surface area contributed by atoms with Crippen molar-refractivity contribution in [3.63, 3.8) is 0 Å². The van der Waals surface area contributed by atoms with Crippen molar-refractivity contribution in [1.29, 1.82) is 0 Å². The number of ether oxygens (including phenoxy) is 2. The molecule has 0 unspecified atom stereocenters. The highest BCUT2D eigenvalue weighted by Crippen LogP contribution is 2.23. The van der Waals surface area contributed by atoms with Gasteiger partial charge in [-0.25, -0.2) is 4.98 Å². The number of carbonyl (C=O) groups is 1. The van der Waals surface area contributed by atoms with Gasteiger partial charge < -0.3 is 14.8 Å². The molecule has 25 heavy (non-hydrogen) atoms. The maximum absolute atomic E-state index is 11.9. The molecule has 3 aromatic rings. The Bertz CT molecular complexity index is 839. The summed E-state index contributed by atoms with van der Waals surface area (Å²) in [7, 11) is 0. The van der Waals surface area contributed by atoms with Gasteiger partial charge in [-0.15, -0.1) is 0 Å². The molecule has 0 bridgehead atoms. The molecule has 0 saturated heterocycles. The first-order valence-corrected chi connectivity index (χ1v) is 7.94. The number of anilines is 1. The van der Waals surface area contributed by atoms with Gasteiger partial charge in [0.25, 0.3) is 5.91 Å². The predicted octanol–water partition coefficient (Wildman–Crippen LogP) is 4.54. The highest BCUT2D eigenvalue weighted by Gasteiger charge is 2.06. The van der Waals surface area contributed by atoms with E-state index < -0.39 is 0 Å². The van der Waals surface area contributed by atoms with Crippen LogP contribution in [0.15, 0.2) is 72.9 Å². The van der Waals surface area contributed by atoms with Crippen molar-refractivity contribution in [2.45, 2.75) is 0 Å². The third kappa shape index (κ3) is 4.96. The van der Waals surface area contributed by atoms with Crippen LogP contribution in [0.4, 0.5) is 5.69 Å². The van der Waals surface area contributed by atoms with Crippen LogP contribution in [0.1, 0.15) is 0 Å². The van der Waals surface area contributed by atoms with E-state index in [9.17, 15) is 4.79 Å². The number of nitrogens with one attached hydrogen (secondary N) is 1. The van der Waals surface area contributed by atoms with Gasteiger partial charge in [-0.2, -0.15) is 0 Å². The maximum atomic E-state index is 11.9. The predicted molar refractivity (Wildman–Crippen MR) is 96.3 cm³/mol. The number of amides is 1. The summed E-state index contributed by atoms with van der Waals surface area (Å²) in [4.78, 5) is 16.0. The molecule has 2 aromatic carbocycles. The molecular weight excluding hydrogens is 340 g/mol. The molecule has 3 rings (SSSR count). The van der Waals surface area contributed by atoms with Crippen molar-refractivity contribution in [1.82, 2.24) is 4.98 Å². The first-order chi connectivity index (χ1) is 12.2. The topological polar surface area (TPSA) is 60.5 Å². The first-order valence-electron chi connectivity index (χ1n) is 7.57. The fourth-order valence-corrected chi connectivity index (χ4v) is 2.21. The molecule has 1 aromatic heterocycles. The standard InChI is InChI=1S/C19H15ClN2O3/c20-16-5-1-2-6-17(16)22-18(23)13-24-14-8-10-15(11-9-14)25-19-7-3-4-12-21-19/h1-12H,13H2,(H,22,23). The number of carbonyl (C=O) groups excluding carboxylic acids is 1. The summed E-state index contributed by atoms with van der Waals surface area (Å²) in [5, 5.41) is 3.17. The molecule has 0 atom stereocenters. The maximum Gasteiger partial charge on any atom is 0.262 e. The fraction of sp³-hybridized carbons (Fsp3) is 0.0526.